The van der Waals surface area contributed by atoms with Crippen LogP contribution in [-0.4, -0.2) is 21.5 Å². The maximum atomic E-state index is 13.2. The molecular weight excluding hydrogens is 396 g/mol. The second-order valence-corrected chi connectivity index (χ2v) is 6.60. The molecule has 0 bridgehead atoms. The Kier molecular flexibility index (Phi) is 4.77. The number of nitrogens with one attached hydrogen (secondary N) is 1. The number of amides is 2. The highest BCUT2D eigenvalue weighted by Gasteiger charge is 2.34. The lowest BCUT2D eigenvalue weighted by atomic mass is 10.1. The second-order valence-electron chi connectivity index (χ2n) is 6.21. The van der Waals surface area contributed by atoms with Crippen LogP contribution in [0.15, 0.2) is 72.4 Å². The van der Waals surface area contributed by atoms with Gasteiger partial charge in [0.15, 0.2) is 5.11 Å². The minimum absolute atomic E-state index is 0.0855. The van der Waals surface area contributed by atoms with E-state index in [4.69, 9.17) is 12.2 Å². The van der Waals surface area contributed by atoms with Crippen LogP contribution in [0.4, 0.5) is 14.5 Å². The molecule has 1 N–H and O–H groups in total. The summed E-state index contributed by atoms with van der Waals surface area (Å²) < 4.78 is 28.1. The first-order chi connectivity index (χ1) is 13.9. The molecule has 29 heavy (non-hydrogen) atoms. The zero-order valence-corrected chi connectivity index (χ0v) is 15.6. The van der Waals surface area contributed by atoms with Crippen molar-refractivity contribution in [1.82, 2.24) is 9.88 Å². The van der Waals surface area contributed by atoms with Crippen LogP contribution in [0, 0.1) is 11.6 Å². The second kappa shape index (κ2) is 7.40. The summed E-state index contributed by atoms with van der Waals surface area (Å²) in [5, 5.41) is 2.39. The zero-order valence-electron chi connectivity index (χ0n) is 14.8. The van der Waals surface area contributed by atoms with Crippen LogP contribution in [0.25, 0.3) is 11.8 Å². The van der Waals surface area contributed by atoms with Crippen LogP contribution < -0.4 is 10.2 Å². The number of hydrogen-bond donors (Lipinski definition) is 1. The molecule has 0 unspecified atom stereocenters. The number of aromatic nitrogens is 1. The molecule has 0 saturated carbocycles. The number of anilines is 1. The molecule has 2 heterocycles. The van der Waals surface area contributed by atoms with Crippen molar-refractivity contribution >= 4 is 40.9 Å². The lowest BCUT2D eigenvalue weighted by Crippen LogP contribution is -2.54. The standard InChI is InChI=1S/C21H13F2N3O2S/c22-13-3-7-15(8-4-13)25-11-1-2-17(25)12-18-19(27)24-21(29)26(20(18)28)16-9-5-14(23)6-10-16/h1-12H,(H,24,27,29)/b18-12-. The van der Waals surface area contributed by atoms with E-state index in [2.05, 4.69) is 5.32 Å². The predicted molar refractivity (Wildman–Crippen MR) is 108 cm³/mol. The molecule has 144 valence electrons. The number of benzene rings is 2. The van der Waals surface area contributed by atoms with E-state index >= 15 is 0 Å². The molecule has 1 aromatic heterocycles. The molecule has 1 aliphatic rings. The lowest BCUT2D eigenvalue weighted by molar-refractivity contribution is -0.122. The number of halogens is 2. The molecule has 1 saturated heterocycles. The third-order valence-corrected chi connectivity index (χ3v) is 4.65. The van der Waals surface area contributed by atoms with Gasteiger partial charge in [-0.15, -0.1) is 0 Å². The highest BCUT2D eigenvalue weighted by molar-refractivity contribution is 7.80. The van der Waals surface area contributed by atoms with E-state index in [1.807, 2.05) is 0 Å². The average molecular weight is 409 g/mol. The number of carbonyl (C=O) groups excluding carboxylic acids is 2. The zero-order chi connectivity index (χ0) is 20.5. The van der Waals surface area contributed by atoms with Crippen LogP contribution >= 0.6 is 12.2 Å². The third-order valence-electron chi connectivity index (χ3n) is 4.36. The first kappa shape index (κ1) is 18.7. The fraction of sp³-hybridized carbons (Fsp3) is 0. The van der Waals surface area contributed by atoms with E-state index in [1.54, 1.807) is 35.0 Å². The van der Waals surface area contributed by atoms with Crippen molar-refractivity contribution in [2.75, 3.05) is 4.90 Å². The largest absolute Gasteiger partial charge is 0.317 e. The quantitative estimate of drug-likeness (QED) is 0.409. The Hall–Kier alpha value is -3.65. The molecule has 2 amide bonds. The van der Waals surface area contributed by atoms with E-state index < -0.39 is 17.6 Å². The maximum absolute atomic E-state index is 13.2. The summed E-state index contributed by atoms with van der Waals surface area (Å²) in [6, 6.07) is 14.5. The molecule has 4 rings (SSSR count). The number of nitrogens with zero attached hydrogens (tertiary/aromatic N) is 2. The summed E-state index contributed by atoms with van der Waals surface area (Å²) in [4.78, 5) is 26.6. The fourth-order valence-corrected chi connectivity index (χ4v) is 3.26. The van der Waals surface area contributed by atoms with Gasteiger partial charge in [-0.2, -0.15) is 0 Å². The Morgan fingerprint density at radius 2 is 1.45 bits per heavy atom. The van der Waals surface area contributed by atoms with Crippen molar-refractivity contribution < 1.29 is 18.4 Å². The number of rotatable bonds is 3. The van der Waals surface area contributed by atoms with Gasteiger partial charge in [-0.3, -0.25) is 19.8 Å². The molecule has 0 aliphatic carbocycles. The minimum Gasteiger partial charge on any atom is -0.317 e. The van der Waals surface area contributed by atoms with Crippen LogP contribution in [0.5, 0.6) is 0 Å². The topological polar surface area (TPSA) is 54.3 Å². The highest BCUT2D eigenvalue weighted by Crippen LogP contribution is 2.23. The molecule has 1 fully saturated rings. The number of hydrogen-bond acceptors (Lipinski definition) is 3. The summed E-state index contributed by atoms with van der Waals surface area (Å²) in [5.41, 5.74) is 1.41. The average Bonchev–Trinajstić information content (AvgIpc) is 3.15. The highest BCUT2D eigenvalue weighted by atomic mass is 32.1. The smallest absolute Gasteiger partial charge is 0.270 e. The van der Waals surface area contributed by atoms with Crippen LogP contribution in [0.1, 0.15) is 5.69 Å². The third kappa shape index (κ3) is 3.57. The monoisotopic (exact) mass is 409 g/mol. The van der Waals surface area contributed by atoms with Crippen molar-refractivity contribution in [3.63, 3.8) is 0 Å². The normalized spacial score (nSPS) is 15.7. The summed E-state index contributed by atoms with van der Waals surface area (Å²) in [7, 11) is 0. The molecule has 5 nitrogen and oxygen atoms in total. The molecule has 1 aliphatic heterocycles. The van der Waals surface area contributed by atoms with Gasteiger partial charge in [0.05, 0.1) is 5.69 Å². The summed E-state index contributed by atoms with van der Waals surface area (Å²) in [5.74, 6) is -2.09. The van der Waals surface area contributed by atoms with Gasteiger partial charge in [0, 0.05) is 17.6 Å². The Labute approximate surface area is 169 Å². The van der Waals surface area contributed by atoms with Crippen molar-refractivity contribution in [2.45, 2.75) is 0 Å². The Balaban J connectivity index is 1.73. The Morgan fingerprint density at radius 3 is 2.07 bits per heavy atom. The summed E-state index contributed by atoms with van der Waals surface area (Å²) in [6.07, 6.45) is 3.16. The van der Waals surface area contributed by atoms with E-state index in [1.165, 1.54) is 42.5 Å². The van der Waals surface area contributed by atoms with Gasteiger partial charge >= 0.3 is 0 Å². The van der Waals surface area contributed by atoms with Crippen molar-refractivity contribution in [2.24, 2.45) is 0 Å². The molecular formula is C21H13F2N3O2S. The molecule has 2 aromatic carbocycles. The molecule has 0 atom stereocenters. The van der Waals surface area contributed by atoms with E-state index in [0.29, 0.717) is 17.1 Å². The summed E-state index contributed by atoms with van der Waals surface area (Å²) >= 11 is 5.12. The van der Waals surface area contributed by atoms with Crippen LogP contribution in [-0.2, 0) is 9.59 Å². The van der Waals surface area contributed by atoms with Crippen LogP contribution in [0.2, 0.25) is 0 Å². The first-order valence-electron chi connectivity index (χ1n) is 8.54. The molecule has 0 radical (unpaired) electrons. The van der Waals surface area contributed by atoms with Crippen LogP contribution in [0.3, 0.4) is 0 Å². The van der Waals surface area contributed by atoms with Gasteiger partial charge in [0.25, 0.3) is 11.8 Å². The van der Waals surface area contributed by atoms with E-state index in [-0.39, 0.29) is 16.5 Å². The first-order valence-corrected chi connectivity index (χ1v) is 8.95. The predicted octanol–water partition coefficient (Wildman–Crippen LogP) is 3.59. The Bertz CT molecular complexity index is 1150. The molecule has 3 aromatic rings. The van der Waals surface area contributed by atoms with Crippen molar-refractivity contribution in [1.29, 1.82) is 0 Å². The Morgan fingerprint density at radius 1 is 0.862 bits per heavy atom. The lowest BCUT2D eigenvalue weighted by Gasteiger charge is -2.28. The summed E-state index contributed by atoms with van der Waals surface area (Å²) in [6.45, 7) is 0. The van der Waals surface area contributed by atoms with Gasteiger partial charge in [0.2, 0.25) is 0 Å². The molecule has 0 spiro atoms. The van der Waals surface area contributed by atoms with Gasteiger partial charge in [-0.25, -0.2) is 8.78 Å². The van der Waals surface area contributed by atoms with E-state index in [9.17, 15) is 18.4 Å². The van der Waals surface area contributed by atoms with E-state index in [0.717, 1.165) is 4.90 Å². The molecule has 8 heteroatoms. The van der Waals surface area contributed by atoms with Gasteiger partial charge < -0.3 is 4.57 Å². The van der Waals surface area contributed by atoms with Gasteiger partial charge in [0.1, 0.15) is 17.2 Å². The van der Waals surface area contributed by atoms with Crippen molar-refractivity contribution in [3.8, 4) is 5.69 Å². The van der Waals surface area contributed by atoms with Gasteiger partial charge in [-0.05, 0) is 79.0 Å². The maximum Gasteiger partial charge on any atom is 0.270 e. The number of thiocarbonyl (C=S) groups is 1. The minimum atomic E-state index is -0.634. The number of carbonyl (C=O) groups is 2. The fourth-order valence-electron chi connectivity index (χ4n) is 2.98. The van der Waals surface area contributed by atoms with Gasteiger partial charge in [-0.1, -0.05) is 0 Å². The van der Waals surface area contributed by atoms with Crippen molar-refractivity contribution in [3.05, 3.63) is 89.8 Å². The SMILES string of the molecule is O=C1NC(=S)N(c2ccc(F)cc2)C(=O)/C1=C\c1cccn1-c1ccc(F)cc1.